The molecule has 33 heavy (non-hydrogen) atoms. The molecule has 0 saturated carbocycles. The van der Waals surface area contributed by atoms with E-state index in [-0.39, 0.29) is 12.5 Å². The van der Waals surface area contributed by atoms with Crippen LogP contribution in [0.3, 0.4) is 0 Å². The molecule has 8 nitrogen and oxygen atoms in total. The van der Waals surface area contributed by atoms with Gasteiger partial charge in [-0.15, -0.1) is 0 Å². The molecule has 0 atom stereocenters. The molecule has 1 heterocycles. The lowest BCUT2D eigenvalue weighted by Crippen LogP contribution is -2.15. The summed E-state index contributed by atoms with van der Waals surface area (Å²) in [5.74, 6) is 2.01. The first-order valence-electron chi connectivity index (χ1n) is 10.8. The number of aryl methyl sites for hydroxylation is 2. The first kappa shape index (κ1) is 22.5. The van der Waals surface area contributed by atoms with Crippen LogP contribution in [0.5, 0.6) is 23.0 Å². The highest BCUT2D eigenvalue weighted by Gasteiger charge is 2.28. The Kier molecular flexibility index (Phi) is 6.44. The van der Waals surface area contributed by atoms with E-state index in [4.69, 9.17) is 28.8 Å². The number of hydrogen-bond donors (Lipinski definition) is 0. The summed E-state index contributed by atoms with van der Waals surface area (Å²) in [6, 6.07) is 9.79. The maximum atomic E-state index is 12.4. The summed E-state index contributed by atoms with van der Waals surface area (Å²) >= 11 is 0. The van der Waals surface area contributed by atoms with E-state index in [9.17, 15) is 4.79 Å². The Labute approximate surface area is 193 Å². The summed E-state index contributed by atoms with van der Waals surface area (Å²) in [5, 5.41) is 4.82. The zero-order chi connectivity index (χ0) is 23.5. The Balaban J connectivity index is 1.97. The Morgan fingerprint density at radius 2 is 1.70 bits per heavy atom. The van der Waals surface area contributed by atoms with E-state index in [1.165, 1.54) is 5.56 Å². The van der Waals surface area contributed by atoms with Gasteiger partial charge >= 0.3 is 5.97 Å². The number of ether oxygens (including phenoxy) is 5. The molecule has 1 aliphatic rings. The highest BCUT2D eigenvalue weighted by Crippen LogP contribution is 2.46. The minimum atomic E-state index is -0.346. The monoisotopic (exact) mass is 452 g/mol. The molecule has 2 aromatic carbocycles. The van der Waals surface area contributed by atoms with Gasteiger partial charge in [0, 0.05) is 11.1 Å². The van der Waals surface area contributed by atoms with Crippen LogP contribution in [0.15, 0.2) is 30.3 Å². The maximum absolute atomic E-state index is 12.4. The Bertz CT molecular complexity index is 1160. The predicted octanol–water partition coefficient (Wildman–Crippen LogP) is 3.91. The van der Waals surface area contributed by atoms with Crippen molar-refractivity contribution >= 4 is 5.97 Å². The summed E-state index contributed by atoms with van der Waals surface area (Å²) in [6.07, 6.45) is 1.59. The molecule has 0 amide bonds. The lowest BCUT2D eigenvalue weighted by Gasteiger charge is -2.19. The molecular weight excluding hydrogens is 424 g/mol. The summed E-state index contributed by atoms with van der Waals surface area (Å²) < 4.78 is 29.0. The van der Waals surface area contributed by atoms with Crippen LogP contribution in [-0.4, -0.2) is 50.8 Å². The fourth-order valence-corrected chi connectivity index (χ4v) is 4.32. The highest BCUT2D eigenvalue weighted by molar-refractivity contribution is 5.88. The molecular formula is C25H28N2O6. The van der Waals surface area contributed by atoms with Crippen molar-refractivity contribution in [1.82, 2.24) is 9.78 Å². The number of nitrogens with zero attached hydrogens (tertiary/aromatic N) is 2. The van der Waals surface area contributed by atoms with E-state index in [0.717, 1.165) is 46.7 Å². The van der Waals surface area contributed by atoms with Gasteiger partial charge in [0.2, 0.25) is 5.75 Å². The van der Waals surface area contributed by atoms with Gasteiger partial charge in [0.15, 0.2) is 11.5 Å². The number of methoxy groups -OCH3 is 4. The molecule has 0 spiro atoms. The number of fused-ring (bicyclic) bond motifs is 3. The molecule has 8 heteroatoms. The minimum absolute atomic E-state index is 0.00167. The molecule has 0 aliphatic heterocycles. The molecule has 174 valence electrons. The van der Waals surface area contributed by atoms with Gasteiger partial charge in [0.25, 0.3) is 0 Å². The number of aromatic nitrogens is 2. The number of esters is 1. The zero-order valence-corrected chi connectivity index (χ0v) is 19.6. The maximum Gasteiger partial charge on any atom is 0.327 e. The summed E-state index contributed by atoms with van der Waals surface area (Å²) in [4.78, 5) is 12.4. The predicted molar refractivity (Wildman–Crippen MR) is 123 cm³/mol. The van der Waals surface area contributed by atoms with E-state index in [1.807, 2.05) is 24.3 Å². The molecule has 1 aliphatic carbocycles. The summed E-state index contributed by atoms with van der Waals surface area (Å²) in [7, 11) is 6.38. The molecule has 0 bridgehead atoms. The fraction of sp³-hybridized carbons (Fsp3) is 0.360. The average molecular weight is 453 g/mol. The van der Waals surface area contributed by atoms with Crippen molar-refractivity contribution in [3.05, 3.63) is 41.6 Å². The first-order valence-corrected chi connectivity index (χ1v) is 10.8. The quantitative estimate of drug-likeness (QED) is 0.479. The number of benzene rings is 2. The van der Waals surface area contributed by atoms with Gasteiger partial charge in [-0.25, -0.2) is 0 Å². The van der Waals surface area contributed by atoms with Crippen molar-refractivity contribution in [3.63, 3.8) is 0 Å². The van der Waals surface area contributed by atoms with Gasteiger partial charge in [-0.2, -0.15) is 5.10 Å². The molecule has 4 rings (SSSR count). The van der Waals surface area contributed by atoms with Crippen LogP contribution in [0.4, 0.5) is 0 Å². The topological polar surface area (TPSA) is 81.0 Å². The molecule has 3 aromatic rings. The number of carbonyl (C=O) groups excluding carboxylic acids is 1. The highest BCUT2D eigenvalue weighted by atomic mass is 16.5. The van der Waals surface area contributed by atoms with Gasteiger partial charge in [0.05, 0.1) is 46.4 Å². The fourth-order valence-electron chi connectivity index (χ4n) is 4.32. The van der Waals surface area contributed by atoms with Crippen molar-refractivity contribution in [2.45, 2.75) is 26.3 Å². The van der Waals surface area contributed by atoms with Crippen LogP contribution < -0.4 is 18.9 Å². The van der Waals surface area contributed by atoms with Gasteiger partial charge in [-0.3, -0.25) is 9.48 Å². The van der Waals surface area contributed by atoms with Gasteiger partial charge in [-0.05, 0) is 55.2 Å². The second-order valence-electron chi connectivity index (χ2n) is 7.57. The van der Waals surface area contributed by atoms with Gasteiger partial charge in [0.1, 0.15) is 12.3 Å². The van der Waals surface area contributed by atoms with Crippen molar-refractivity contribution in [3.8, 4) is 45.4 Å². The lowest BCUT2D eigenvalue weighted by molar-refractivity contribution is -0.144. The van der Waals surface area contributed by atoms with Crippen LogP contribution in [0.2, 0.25) is 0 Å². The van der Waals surface area contributed by atoms with E-state index in [2.05, 4.69) is 6.07 Å². The van der Waals surface area contributed by atoms with Crippen molar-refractivity contribution in [2.24, 2.45) is 0 Å². The molecule has 0 unspecified atom stereocenters. The largest absolute Gasteiger partial charge is 0.497 e. The molecule has 0 saturated heterocycles. The normalized spacial score (nSPS) is 11.9. The molecule has 0 fully saturated rings. The van der Waals surface area contributed by atoms with Crippen LogP contribution >= 0.6 is 0 Å². The van der Waals surface area contributed by atoms with Crippen molar-refractivity contribution in [2.75, 3.05) is 35.0 Å². The van der Waals surface area contributed by atoms with Crippen LogP contribution in [0.1, 0.15) is 18.2 Å². The van der Waals surface area contributed by atoms with Crippen molar-refractivity contribution in [1.29, 1.82) is 0 Å². The second kappa shape index (κ2) is 9.44. The SMILES string of the molecule is CCOC(=O)Cn1nc2c(c1-c1cc(OC)c(OC)c(OC)c1)-c1ccc(OC)cc1CC2. The Hall–Kier alpha value is -3.68. The number of carbonyl (C=O) groups is 1. The summed E-state index contributed by atoms with van der Waals surface area (Å²) in [5.41, 5.74) is 5.75. The third kappa shape index (κ3) is 4.08. The van der Waals surface area contributed by atoms with Crippen molar-refractivity contribution < 1.29 is 28.5 Å². The number of rotatable bonds is 8. The molecule has 1 aromatic heterocycles. The molecule has 0 radical (unpaired) electrons. The van der Waals surface area contributed by atoms with Gasteiger partial charge < -0.3 is 23.7 Å². The Morgan fingerprint density at radius 3 is 2.30 bits per heavy atom. The molecule has 0 N–H and O–H groups in total. The number of hydrogen-bond acceptors (Lipinski definition) is 7. The summed E-state index contributed by atoms with van der Waals surface area (Å²) in [6.45, 7) is 2.09. The smallest absolute Gasteiger partial charge is 0.327 e. The van der Waals surface area contributed by atoms with Crippen LogP contribution in [-0.2, 0) is 28.9 Å². The van der Waals surface area contributed by atoms with E-state index in [1.54, 1.807) is 40.0 Å². The third-order valence-corrected chi connectivity index (χ3v) is 5.76. The zero-order valence-electron chi connectivity index (χ0n) is 19.6. The first-order chi connectivity index (χ1) is 16.0. The third-order valence-electron chi connectivity index (χ3n) is 5.76. The van der Waals surface area contributed by atoms with Crippen LogP contribution in [0.25, 0.3) is 22.4 Å². The Morgan fingerprint density at radius 1 is 0.970 bits per heavy atom. The average Bonchev–Trinajstić information content (AvgIpc) is 3.20. The van der Waals surface area contributed by atoms with E-state index in [0.29, 0.717) is 23.9 Å². The second-order valence-corrected chi connectivity index (χ2v) is 7.57. The minimum Gasteiger partial charge on any atom is -0.497 e. The lowest BCUT2D eigenvalue weighted by atomic mass is 9.86. The van der Waals surface area contributed by atoms with E-state index < -0.39 is 0 Å². The van der Waals surface area contributed by atoms with E-state index >= 15 is 0 Å². The standard InChI is InChI=1S/C25H28N2O6/c1-6-33-22(28)14-27-24(16-12-20(30-3)25(32-5)21(13-16)31-4)23-18-9-8-17(29-2)11-15(18)7-10-19(23)26-27/h8-9,11-13H,6-7,10,14H2,1-5H3. The van der Waals surface area contributed by atoms with Crippen LogP contribution in [0, 0.1) is 0 Å². The van der Waals surface area contributed by atoms with Gasteiger partial charge in [-0.1, -0.05) is 6.07 Å².